The van der Waals surface area contributed by atoms with Crippen molar-refractivity contribution in [2.45, 2.75) is 12.8 Å². The Kier molecular flexibility index (Phi) is 4.34. The molecule has 114 valence electrons. The van der Waals surface area contributed by atoms with Gasteiger partial charge < -0.3 is 15.8 Å². The molecule has 22 heavy (non-hydrogen) atoms. The zero-order chi connectivity index (χ0) is 15.4. The molecule has 3 rings (SSSR count). The van der Waals surface area contributed by atoms with Gasteiger partial charge in [0.05, 0.1) is 11.4 Å². The number of carbonyl (C=O) groups excluding carboxylic acids is 1. The fourth-order valence-electron chi connectivity index (χ4n) is 2.58. The summed E-state index contributed by atoms with van der Waals surface area (Å²) in [6, 6.07) is 9.51. The number of nitrogens with one attached hydrogen (secondary N) is 1. The molecule has 1 fully saturated rings. The van der Waals surface area contributed by atoms with E-state index in [1.54, 1.807) is 12.4 Å². The molecular formula is C17H19N3O2. The Bertz CT molecular complexity index is 652. The number of nitrogen functional groups attached to an aromatic ring is 1. The molecule has 1 aliphatic heterocycles. The molecule has 0 atom stereocenters. The van der Waals surface area contributed by atoms with Gasteiger partial charge in [0.25, 0.3) is 0 Å². The third-order valence-corrected chi connectivity index (χ3v) is 3.92. The van der Waals surface area contributed by atoms with Gasteiger partial charge in [-0.05, 0) is 48.2 Å². The van der Waals surface area contributed by atoms with Crippen LogP contribution in [-0.2, 0) is 9.53 Å². The summed E-state index contributed by atoms with van der Waals surface area (Å²) < 4.78 is 5.29. The van der Waals surface area contributed by atoms with Crippen molar-refractivity contribution < 1.29 is 9.53 Å². The van der Waals surface area contributed by atoms with Gasteiger partial charge in [0, 0.05) is 31.5 Å². The largest absolute Gasteiger partial charge is 0.397 e. The lowest BCUT2D eigenvalue weighted by Crippen LogP contribution is -2.28. The van der Waals surface area contributed by atoms with Crippen molar-refractivity contribution in [2.75, 3.05) is 24.3 Å². The molecule has 0 unspecified atom stereocenters. The van der Waals surface area contributed by atoms with Gasteiger partial charge in [-0.2, -0.15) is 0 Å². The van der Waals surface area contributed by atoms with Gasteiger partial charge >= 0.3 is 0 Å². The van der Waals surface area contributed by atoms with Gasteiger partial charge in [0.1, 0.15) is 0 Å². The molecule has 1 amide bonds. The number of nitrogens with zero attached hydrogens (tertiary/aromatic N) is 1. The fraction of sp³-hybridized carbons (Fsp3) is 0.294. The molecule has 5 nitrogen and oxygen atoms in total. The normalized spacial score (nSPS) is 15.5. The van der Waals surface area contributed by atoms with Crippen LogP contribution in [0.4, 0.5) is 11.4 Å². The van der Waals surface area contributed by atoms with Crippen LogP contribution in [0.5, 0.6) is 0 Å². The average Bonchev–Trinajstić information content (AvgIpc) is 2.58. The summed E-state index contributed by atoms with van der Waals surface area (Å²) >= 11 is 0. The number of benzene rings is 1. The van der Waals surface area contributed by atoms with Gasteiger partial charge in [0.15, 0.2) is 0 Å². The van der Waals surface area contributed by atoms with Crippen LogP contribution in [0.2, 0.25) is 0 Å². The second kappa shape index (κ2) is 6.58. The first kappa shape index (κ1) is 14.5. The third-order valence-electron chi connectivity index (χ3n) is 3.92. The van der Waals surface area contributed by atoms with E-state index in [-0.39, 0.29) is 11.8 Å². The molecule has 1 saturated heterocycles. The molecule has 2 heterocycles. The summed E-state index contributed by atoms with van der Waals surface area (Å²) in [4.78, 5) is 16.3. The van der Waals surface area contributed by atoms with Crippen LogP contribution in [0.15, 0.2) is 42.7 Å². The van der Waals surface area contributed by atoms with E-state index in [2.05, 4.69) is 10.3 Å². The van der Waals surface area contributed by atoms with Crippen LogP contribution in [-0.4, -0.2) is 24.1 Å². The van der Waals surface area contributed by atoms with Crippen LogP contribution in [0, 0.1) is 5.92 Å². The monoisotopic (exact) mass is 297 g/mol. The molecule has 0 radical (unpaired) electrons. The molecule has 1 aromatic heterocycles. The molecule has 1 aromatic carbocycles. The Morgan fingerprint density at radius 2 is 1.86 bits per heavy atom. The average molecular weight is 297 g/mol. The first-order chi connectivity index (χ1) is 10.7. The van der Waals surface area contributed by atoms with Crippen LogP contribution < -0.4 is 11.1 Å². The molecule has 3 N–H and O–H groups in total. The summed E-state index contributed by atoms with van der Waals surface area (Å²) in [6.07, 6.45) is 5.00. The van der Waals surface area contributed by atoms with Crippen molar-refractivity contribution >= 4 is 17.3 Å². The van der Waals surface area contributed by atoms with Crippen molar-refractivity contribution in [3.8, 4) is 11.1 Å². The van der Waals surface area contributed by atoms with E-state index in [1.165, 1.54) is 0 Å². The van der Waals surface area contributed by atoms with E-state index < -0.39 is 0 Å². The number of hydrogen-bond acceptors (Lipinski definition) is 4. The number of nitrogens with two attached hydrogens (primary N) is 1. The van der Waals surface area contributed by atoms with E-state index in [0.29, 0.717) is 24.6 Å². The molecule has 0 aliphatic carbocycles. The molecule has 2 aromatic rings. The quantitative estimate of drug-likeness (QED) is 0.854. The lowest BCUT2D eigenvalue weighted by atomic mass is 9.99. The molecular weight excluding hydrogens is 278 g/mol. The third kappa shape index (κ3) is 3.26. The van der Waals surface area contributed by atoms with Gasteiger partial charge in [-0.25, -0.2) is 0 Å². The highest BCUT2D eigenvalue weighted by Crippen LogP contribution is 2.28. The van der Waals surface area contributed by atoms with Crippen molar-refractivity contribution in [3.63, 3.8) is 0 Å². The number of anilines is 2. The van der Waals surface area contributed by atoms with Crippen LogP contribution in [0.3, 0.4) is 0 Å². The Hall–Kier alpha value is -2.40. The van der Waals surface area contributed by atoms with Gasteiger partial charge in [0.2, 0.25) is 5.91 Å². The maximum atomic E-state index is 12.3. The predicted octanol–water partition coefficient (Wildman–Crippen LogP) is 2.70. The van der Waals surface area contributed by atoms with E-state index in [1.807, 2.05) is 30.3 Å². The fourth-order valence-corrected chi connectivity index (χ4v) is 2.58. The van der Waals surface area contributed by atoms with E-state index in [9.17, 15) is 4.79 Å². The van der Waals surface area contributed by atoms with Gasteiger partial charge in [-0.1, -0.05) is 6.07 Å². The summed E-state index contributed by atoms with van der Waals surface area (Å²) in [7, 11) is 0. The molecule has 5 heteroatoms. The smallest absolute Gasteiger partial charge is 0.227 e. The first-order valence-electron chi connectivity index (χ1n) is 7.42. The predicted molar refractivity (Wildman–Crippen MR) is 86.3 cm³/mol. The minimum atomic E-state index is -0.00210. The number of pyridine rings is 1. The molecule has 0 bridgehead atoms. The number of amides is 1. The molecule has 0 saturated carbocycles. The first-order valence-corrected chi connectivity index (χ1v) is 7.42. The maximum absolute atomic E-state index is 12.3. The number of carbonyl (C=O) groups is 1. The summed E-state index contributed by atoms with van der Waals surface area (Å²) in [5.41, 5.74) is 9.26. The van der Waals surface area contributed by atoms with Gasteiger partial charge in [-0.3, -0.25) is 9.78 Å². The number of aromatic nitrogens is 1. The van der Waals surface area contributed by atoms with E-state index >= 15 is 0 Å². The molecule has 0 spiro atoms. The zero-order valence-electron chi connectivity index (χ0n) is 12.3. The number of hydrogen-bond donors (Lipinski definition) is 2. The Morgan fingerprint density at radius 1 is 1.14 bits per heavy atom. The van der Waals surface area contributed by atoms with Crippen LogP contribution in [0.25, 0.3) is 11.1 Å². The number of ether oxygens (including phenoxy) is 1. The summed E-state index contributed by atoms with van der Waals surface area (Å²) in [5.74, 6) is 0.0135. The van der Waals surface area contributed by atoms with Crippen molar-refractivity contribution in [2.24, 2.45) is 5.92 Å². The SMILES string of the molecule is Nc1ccc(-c2ccncc2)cc1NC(=O)C1CCOCC1. The maximum Gasteiger partial charge on any atom is 0.227 e. The van der Waals surface area contributed by atoms with E-state index in [4.69, 9.17) is 10.5 Å². The second-order valence-corrected chi connectivity index (χ2v) is 5.41. The second-order valence-electron chi connectivity index (χ2n) is 5.41. The van der Waals surface area contributed by atoms with Crippen LogP contribution >= 0.6 is 0 Å². The molecule has 1 aliphatic rings. The number of rotatable bonds is 3. The highest BCUT2D eigenvalue weighted by molar-refractivity contribution is 5.96. The van der Waals surface area contributed by atoms with Crippen LogP contribution in [0.1, 0.15) is 12.8 Å². The highest BCUT2D eigenvalue weighted by atomic mass is 16.5. The lowest BCUT2D eigenvalue weighted by Gasteiger charge is -2.21. The lowest BCUT2D eigenvalue weighted by molar-refractivity contribution is -0.122. The van der Waals surface area contributed by atoms with E-state index in [0.717, 1.165) is 24.0 Å². The summed E-state index contributed by atoms with van der Waals surface area (Å²) in [6.45, 7) is 1.29. The highest BCUT2D eigenvalue weighted by Gasteiger charge is 2.22. The van der Waals surface area contributed by atoms with Crippen molar-refractivity contribution in [1.82, 2.24) is 4.98 Å². The Morgan fingerprint density at radius 3 is 2.59 bits per heavy atom. The Balaban J connectivity index is 1.79. The minimum Gasteiger partial charge on any atom is -0.397 e. The summed E-state index contributed by atoms with van der Waals surface area (Å²) in [5, 5.41) is 2.95. The zero-order valence-corrected chi connectivity index (χ0v) is 12.3. The van der Waals surface area contributed by atoms with Crippen molar-refractivity contribution in [3.05, 3.63) is 42.7 Å². The Labute approximate surface area is 129 Å². The topological polar surface area (TPSA) is 77.2 Å². The van der Waals surface area contributed by atoms with Crippen molar-refractivity contribution in [1.29, 1.82) is 0 Å². The van der Waals surface area contributed by atoms with Gasteiger partial charge in [-0.15, -0.1) is 0 Å². The minimum absolute atomic E-state index is 0.00210. The standard InChI is InChI=1S/C17H19N3O2/c18-15-2-1-14(12-3-7-19-8-4-12)11-16(15)20-17(21)13-5-9-22-10-6-13/h1-4,7-8,11,13H,5-6,9-10,18H2,(H,20,21).